The Kier molecular flexibility index (Phi) is 6.11. The maximum atomic E-state index is 11.7. The van der Waals surface area contributed by atoms with Crippen molar-refractivity contribution >= 4 is 39.6 Å². The molecule has 0 saturated carbocycles. The van der Waals surface area contributed by atoms with E-state index in [1.807, 2.05) is 49.4 Å². The fourth-order valence-corrected chi connectivity index (χ4v) is 2.29. The minimum Gasteiger partial charge on any atom is -0.452 e. The van der Waals surface area contributed by atoms with Crippen molar-refractivity contribution in [1.82, 2.24) is 0 Å². The van der Waals surface area contributed by atoms with Crippen molar-refractivity contribution in [2.24, 2.45) is 0 Å². The molecule has 0 aliphatic carbocycles. The number of amides is 1. The lowest BCUT2D eigenvalue weighted by atomic mass is 10.2. The molecule has 0 aliphatic rings. The first kappa shape index (κ1) is 17.0. The Hall–Kier alpha value is -2.40. The van der Waals surface area contributed by atoms with Crippen LogP contribution in [0.1, 0.15) is 11.1 Å². The minimum atomic E-state index is -0.569. The van der Waals surface area contributed by atoms with Gasteiger partial charge < -0.3 is 10.1 Å². The molecule has 5 heteroatoms. The largest absolute Gasteiger partial charge is 0.452 e. The highest BCUT2D eigenvalue weighted by Gasteiger charge is 2.06. The topological polar surface area (TPSA) is 55.4 Å². The number of esters is 1. The molecule has 118 valence electrons. The van der Waals surface area contributed by atoms with E-state index >= 15 is 0 Å². The Morgan fingerprint density at radius 3 is 2.70 bits per heavy atom. The van der Waals surface area contributed by atoms with Crippen LogP contribution in [0.3, 0.4) is 0 Å². The van der Waals surface area contributed by atoms with Crippen molar-refractivity contribution < 1.29 is 14.3 Å². The summed E-state index contributed by atoms with van der Waals surface area (Å²) in [5.41, 5.74) is 2.57. The van der Waals surface area contributed by atoms with Crippen molar-refractivity contribution in [1.29, 1.82) is 0 Å². The molecule has 1 N–H and O–H groups in total. The number of carbonyl (C=O) groups is 2. The molecule has 0 fully saturated rings. The van der Waals surface area contributed by atoms with Crippen LogP contribution >= 0.6 is 15.9 Å². The van der Waals surface area contributed by atoms with Crippen LogP contribution in [0, 0.1) is 6.92 Å². The van der Waals surface area contributed by atoms with Crippen molar-refractivity contribution in [3.63, 3.8) is 0 Å². The van der Waals surface area contributed by atoms with E-state index in [0.29, 0.717) is 5.69 Å². The molecule has 0 unspecified atom stereocenters. The Morgan fingerprint density at radius 2 is 1.96 bits per heavy atom. The summed E-state index contributed by atoms with van der Waals surface area (Å²) in [7, 11) is 0. The zero-order chi connectivity index (χ0) is 16.7. The van der Waals surface area contributed by atoms with Crippen molar-refractivity contribution in [3.8, 4) is 0 Å². The van der Waals surface area contributed by atoms with Crippen molar-refractivity contribution in [2.45, 2.75) is 6.92 Å². The number of benzene rings is 2. The SMILES string of the molecule is Cc1cccc(NC(=O)COC(=O)/C=C/c2ccccc2Br)c1. The van der Waals surface area contributed by atoms with Gasteiger partial charge in [-0.05, 0) is 42.3 Å². The van der Waals surface area contributed by atoms with Gasteiger partial charge in [0.1, 0.15) is 0 Å². The van der Waals surface area contributed by atoms with E-state index in [1.54, 1.807) is 12.1 Å². The molecule has 0 heterocycles. The van der Waals surface area contributed by atoms with Crippen LogP contribution in [0.25, 0.3) is 6.08 Å². The molecule has 4 nitrogen and oxygen atoms in total. The number of hydrogen-bond donors (Lipinski definition) is 1. The monoisotopic (exact) mass is 373 g/mol. The molecule has 0 atom stereocenters. The number of rotatable bonds is 5. The van der Waals surface area contributed by atoms with Gasteiger partial charge in [0.05, 0.1) is 0 Å². The molecular formula is C18H16BrNO3. The van der Waals surface area contributed by atoms with E-state index in [4.69, 9.17) is 4.74 Å². The number of hydrogen-bond acceptors (Lipinski definition) is 3. The number of aryl methyl sites for hydroxylation is 1. The van der Waals surface area contributed by atoms with Gasteiger partial charge in [0.2, 0.25) is 0 Å². The average molecular weight is 374 g/mol. The van der Waals surface area contributed by atoms with Gasteiger partial charge in [-0.1, -0.05) is 46.3 Å². The van der Waals surface area contributed by atoms with E-state index in [9.17, 15) is 9.59 Å². The second-order valence-electron chi connectivity index (χ2n) is 4.88. The fraction of sp³-hybridized carbons (Fsp3) is 0.111. The first-order valence-corrected chi connectivity index (χ1v) is 7.80. The smallest absolute Gasteiger partial charge is 0.331 e. The third-order valence-corrected chi connectivity index (χ3v) is 3.67. The van der Waals surface area contributed by atoms with E-state index in [-0.39, 0.29) is 12.5 Å². The highest BCUT2D eigenvalue weighted by atomic mass is 79.9. The number of carbonyl (C=O) groups excluding carboxylic acids is 2. The zero-order valence-corrected chi connectivity index (χ0v) is 14.2. The minimum absolute atomic E-state index is 0.326. The molecule has 2 aromatic carbocycles. The first-order chi connectivity index (χ1) is 11.0. The van der Waals surface area contributed by atoms with Gasteiger partial charge in [-0.15, -0.1) is 0 Å². The van der Waals surface area contributed by atoms with Crippen LogP contribution in [-0.2, 0) is 14.3 Å². The standard InChI is InChI=1S/C18H16BrNO3/c1-13-5-4-7-15(11-13)20-17(21)12-23-18(22)10-9-14-6-2-3-8-16(14)19/h2-11H,12H2,1H3,(H,20,21)/b10-9+. The molecule has 0 saturated heterocycles. The summed E-state index contributed by atoms with van der Waals surface area (Å²) >= 11 is 3.38. The summed E-state index contributed by atoms with van der Waals surface area (Å²) in [6, 6.07) is 14.9. The van der Waals surface area contributed by atoms with Gasteiger partial charge in [0.25, 0.3) is 5.91 Å². The van der Waals surface area contributed by atoms with E-state index < -0.39 is 5.97 Å². The zero-order valence-electron chi connectivity index (χ0n) is 12.6. The summed E-state index contributed by atoms with van der Waals surface area (Å²) in [4.78, 5) is 23.4. The van der Waals surface area contributed by atoms with Crippen molar-refractivity contribution in [2.75, 3.05) is 11.9 Å². The highest BCUT2D eigenvalue weighted by molar-refractivity contribution is 9.10. The van der Waals surface area contributed by atoms with Gasteiger partial charge in [0.15, 0.2) is 6.61 Å². The lowest BCUT2D eigenvalue weighted by Gasteiger charge is -2.06. The van der Waals surface area contributed by atoms with Gasteiger partial charge >= 0.3 is 5.97 Å². The van der Waals surface area contributed by atoms with E-state index in [0.717, 1.165) is 15.6 Å². The predicted octanol–water partition coefficient (Wildman–Crippen LogP) is 3.95. The Labute approximate surface area is 143 Å². The van der Waals surface area contributed by atoms with E-state index in [2.05, 4.69) is 21.2 Å². The number of anilines is 1. The molecule has 2 rings (SSSR count). The third kappa shape index (κ3) is 5.71. The third-order valence-electron chi connectivity index (χ3n) is 2.95. The highest BCUT2D eigenvalue weighted by Crippen LogP contribution is 2.17. The Balaban J connectivity index is 1.82. The molecule has 1 amide bonds. The lowest BCUT2D eigenvalue weighted by molar-refractivity contribution is -0.142. The maximum Gasteiger partial charge on any atom is 0.331 e. The van der Waals surface area contributed by atoms with Crippen LogP contribution in [0.5, 0.6) is 0 Å². The second-order valence-corrected chi connectivity index (χ2v) is 5.73. The number of nitrogens with one attached hydrogen (secondary N) is 1. The van der Waals surface area contributed by atoms with Crippen LogP contribution in [0.4, 0.5) is 5.69 Å². The quantitative estimate of drug-likeness (QED) is 0.637. The van der Waals surface area contributed by atoms with Gasteiger partial charge in [0, 0.05) is 16.2 Å². The van der Waals surface area contributed by atoms with Gasteiger partial charge in [-0.2, -0.15) is 0 Å². The summed E-state index contributed by atoms with van der Waals surface area (Å²) in [6.07, 6.45) is 2.92. The normalized spacial score (nSPS) is 10.5. The van der Waals surface area contributed by atoms with Gasteiger partial charge in [-0.3, -0.25) is 4.79 Å². The fourth-order valence-electron chi connectivity index (χ4n) is 1.87. The summed E-state index contributed by atoms with van der Waals surface area (Å²) < 4.78 is 5.79. The molecule has 23 heavy (non-hydrogen) atoms. The van der Waals surface area contributed by atoms with Crippen LogP contribution in [0.2, 0.25) is 0 Å². The number of ether oxygens (including phenoxy) is 1. The number of halogens is 1. The van der Waals surface area contributed by atoms with Crippen LogP contribution in [-0.4, -0.2) is 18.5 Å². The molecule has 0 bridgehead atoms. The Bertz CT molecular complexity index is 741. The van der Waals surface area contributed by atoms with Gasteiger partial charge in [-0.25, -0.2) is 4.79 Å². The molecule has 2 aromatic rings. The predicted molar refractivity (Wildman–Crippen MR) is 93.9 cm³/mol. The molecule has 0 aromatic heterocycles. The molecule has 0 radical (unpaired) electrons. The maximum absolute atomic E-state index is 11.7. The second kappa shape index (κ2) is 8.29. The summed E-state index contributed by atoms with van der Waals surface area (Å²) in [5, 5.41) is 2.67. The first-order valence-electron chi connectivity index (χ1n) is 7.00. The molecule has 0 spiro atoms. The van der Waals surface area contributed by atoms with Crippen LogP contribution in [0.15, 0.2) is 59.1 Å². The summed E-state index contributed by atoms with van der Waals surface area (Å²) in [5.74, 6) is -0.946. The molecular weight excluding hydrogens is 358 g/mol. The van der Waals surface area contributed by atoms with Crippen LogP contribution < -0.4 is 5.32 Å². The van der Waals surface area contributed by atoms with Crippen molar-refractivity contribution in [3.05, 3.63) is 70.2 Å². The average Bonchev–Trinajstić information content (AvgIpc) is 2.52. The Morgan fingerprint density at radius 1 is 1.17 bits per heavy atom. The molecule has 0 aliphatic heterocycles. The summed E-state index contributed by atoms with van der Waals surface area (Å²) in [6.45, 7) is 1.61. The lowest BCUT2D eigenvalue weighted by Crippen LogP contribution is -2.20. The van der Waals surface area contributed by atoms with E-state index in [1.165, 1.54) is 6.08 Å².